The molecule has 2 aliphatic rings. The van der Waals surface area contributed by atoms with Crippen LogP contribution >= 0.6 is 0 Å². The van der Waals surface area contributed by atoms with Crippen LogP contribution in [0.2, 0.25) is 0 Å². The summed E-state index contributed by atoms with van der Waals surface area (Å²) in [5, 5.41) is 17.7. The van der Waals surface area contributed by atoms with E-state index in [1.54, 1.807) is 0 Å². The Kier molecular flexibility index (Phi) is 1.20. The highest BCUT2D eigenvalue weighted by molar-refractivity contribution is 5.22. The van der Waals surface area contributed by atoms with Crippen LogP contribution in [-0.2, 0) is 0 Å². The highest BCUT2D eigenvalue weighted by atomic mass is 14.6. The van der Waals surface area contributed by atoms with Crippen molar-refractivity contribution in [3.8, 4) is 12.1 Å². The van der Waals surface area contributed by atoms with Crippen LogP contribution in [0.3, 0.4) is 0 Å². The summed E-state index contributed by atoms with van der Waals surface area (Å²) in [7, 11) is 0. The fraction of sp³-hybridized carbons (Fsp3) is 0.778. The molecule has 0 aromatic heterocycles. The molecule has 0 spiro atoms. The Balaban J connectivity index is 2.31. The molecular weight excluding hydrogens is 136 g/mol. The van der Waals surface area contributed by atoms with E-state index in [2.05, 4.69) is 12.1 Å². The second kappa shape index (κ2) is 1.98. The van der Waals surface area contributed by atoms with Crippen molar-refractivity contribution in [1.82, 2.24) is 0 Å². The van der Waals surface area contributed by atoms with Gasteiger partial charge in [0.1, 0.15) is 5.41 Å². The Labute approximate surface area is 66.4 Å². The lowest BCUT2D eigenvalue weighted by Crippen LogP contribution is -2.23. The van der Waals surface area contributed by atoms with Gasteiger partial charge in [-0.15, -0.1) is 0 Å². The van der Waals surface area contributed by atoms with Gasteiger partial charge in [0.2, 0.25) is 0 Å². The van der Waals surface area contributed by atoms with Crippen molar-refractivity contribution in [1.29, 1.82) is 10.5 Å². The third-order valence-electron chi connectivity index (χ3n) is 3.25. The minimum Gasteiger partial charge on any atom is -0.197 e. The third kappa shape index (κ3) is 0.701. The summed E-state index contributed by atoms with van der Waals surface area (Å²) >= 11 is 0. The number of hydrogen-bond acceptors (Lipinski definition) is 2. The van der Waals surface area contributed by atoms with Crippen molar-refractivity contribution in [2.45, 2.75) is 25.7 Å². The standard InChI is InChI=1S/C9H10N2/c10-5-9(6-11)4-7-1-2-8(9)3-7/h7-8H,1-4H2. The normalized spacial score (nSPS) is 38.0. The van der Waals surface area contributed by atoms with E-state index in [4.69, 9.17) is 10.5 Å². The molecule has 0 N–H and O–H groups in total. The fourth-order valence-corrected chi connectivity index (χ4v) is 2.63. The van der Waals surface area contributed by atoms with Gasteiger partial charge in [-0.1, -0.05) is 0 Å². The maximum atomic E-state index is 8.87. The average Bonchev–Trinajstić information content (AvgIpc) is 2.62. The van der Waals surface area contributed by atoms with Gasteiger partial charge < -0.3 is 0 Å². The van der Waals surface area contributed by atoms with E-state index in [0.717, 1.165) is 19.3 Å². The molecule has 2 aliphatic carbocycles. The highest BCUT2D eigenvalue weighted by Gasteiger charge is 2.51. The largest absolute Gasteiger partial charge is 0.197 e. The van der Waals surface area contributed by atoms with Crippen LogP contribution in [0.15, 0.2) is 0 Å². The van der Waals surface area contributed by atoms with Crippen LogP contribution in [-0.4, -0.2) is 0 Å². The zero-order chi connectivity index (χ0) is 7.90. The summed E-state index contributed by atoms with van der Waals surface area (Å²) in [5.74, 6) is 1.07. The quantitative estimate of drug-likeness (QED) is 0.523. The SMILES string of the molecule is N#CC1(C#N)CC2CCC1C2. The van der Waals surface area contributed by atoms with Gasteiger partial charge in [-0.25, -0.2) is 0 Å². The van der Waals surface area contributed by atoms with Gasteiger partial charge in [0, 0.05) is 0 Å². The lowest BCUT2D eigenvalue weighted by atomic mass is 9.76. The number of fused-ring (bicyclic) bond motifs is 2. The van der Waals surface area contributed by atoms with Crippen LogP contribution in [0.1, 0.15) is 25.7 Å². The van der Waals surface area contributed by atoms with Crippen molar-refractivity contribution in [2.75, 3.05) is 0 Å². The van der Waals surface area contributed by atoms with Crippen molar-refractivity contribution >= 4 is 0 Å². The van der Waals surface area contributed by atoms with E-state index in [1.807, 2.05) is 0 Å². The lowest BCUT2D eigenvalue weighted by molar-refractivity contribution is 0.318. The average molecular weight is 146 g/mol. The van der Waals surface area contributed by atoms with Gasteiger partial charge >= 0.3 is 0 Å². The minimum atomic E-state index is -0.594. The van der Waals surface area contributed by atoms with Gasteiger partial charge in [-0.2, -0.15) is 10.5 Å². The molecule has 0 aliphatic heterocycles. The summed E-state index contributed by atoms with van der Waals surface area (Å²) in [4.78, 5) is 0. The maximum Gasteiger partial charge on any atom is 0.146 e. The van der Waals surface area contributed by atoms with Gasteiger partial charge in [0.15, 0.2) is 0 Å². The Morgan fingerprint density at radius 3 is 2.18 bits per heavy atom. The lowest BCUT2D eigenvalue weighted by Gasteiger charge is -2.22. The van der Waals surface area contributed by atoms with Crippen LogP contribution < -0.4 is 0 Å². The van der Waals surface area contributed by atoms with Gasteiger partial charge in [0.05, 0.1) is 12.1 Å². The predicted molar refractivity (Wildman–Crippen MR) is 39.1 cm³/mol. The molecule has 2 nitrogen and oxygen atoms in total. The Morgan fingerprint density at radius 2 is 1.91 bits per heavy atom. The van der Waals surface area contributed by atoms with E-state index >= 15 is 0 Å². The molecule has 0 saturated heterocycles. The number of hydrogen-bond donors (Lipinski definition) is 0. The monoisotopic (exact) mass is 146 g/mol. The molecule has 2 atom stereocenters. The fourth-order valence-electron chi connectivity index (χ4n) is 2.63. The first kappa shape index (κ1) is 6.68. The Morgan fingerprint density at radius 1 is 1.18 bits per heavy atom. The number of nitrogens with zero attached hydrogens (tertiary/aromatic N) is 2. The Bertz CT molecular complexity index is 242. The summed E-state index contributed by atoms with van der Waals surface area (Å²) in [5.41, 5.74) is -0.594. The number of nitriles is 2. The van der Waals surface area contributed by atoms with Crippen molar-refractivity contribution in [3.63, 3.8) is 0 Å². The highest BCUT2D eigenvalue weighted by Crippen LogP contribution is 2.55. The van der Waals surface area contributed by atoms with E-state index in [-0.39, 0.29) is 0 Å². The van der Waals surface area contributed by atoms with E-state index in [9.17, 15) is 0 Å². The first-order valence-electron chi connectivity index (χ1n) is 4.13. The summed E-state index contributed by atoms with van der Waals surface area (Å²) in [6.45, 7) is 0. The second-order valence-electron chi connectivity index (χ2n) is 3.78. The van der Waals surface area contributed by atoms with Crippen molar-refractivity contribution in [3.05, 3.63) is 0 Å². The maximum absolute atomic E-state index is 8.87. The molecule has 2 fully saturated rings. The first-order valence-corrected chi connectivity index (χ1v) is 4.13. The first-order chi connectivity index (χ1) is 5.30. The summed E-state index contributed by atoms with van der Waals surface area (Å²) in [6.07, 6.45) is 4.31. The zero-order valence-corrected chi connectivity index (χ0v) is 6.38. The molecule has 0 aromatic carbocycles. The molecule has 0 radical (unpaired) electrons. The van der Waals surface area contributed by atoms with E-state index in [0.29, 0.717) is 11.8 Å². The molecular formula is C9H10N2. The molecule has 0 aromatic rings. The summed E-state index contributed by atoms with van der Waals surface area (Å²) < 4.78 is 0. The van der Waals surface area contributed by atoms with E-state index < -0.39 is 5.41 Å². The van der Waals surface area contributed by atoms with E-state index in [1.165, 1.54) is 6.42 Å². The molecule has 11 heavy (non-hydrogen) atoms. The smallest absolute Gasteiger partial charge is 0.146 e. The molecule has 0 amide bonds. The minimum absolute atomic E-state index is 0.391. The topological polar surface area (TPSA) is 47.6 Å². The molecule has 2 unspecified atom stereocenters. The van der Waals surface area contributed by atoms with Crippen molar-refractivity contribution in [2.24, 2.45) is 17.3 Å². The molecule has 2 heteroatoms. The van der Waals surface area contributed by atoms with Crippen molar-refractivity contribution < 1.29 is 0 Å². The molecule has 2 bridgehead atoms. The second-order valence-corrected chi connectivity index (χ2v) is 3.78. The Hall–Kier alpha value is -1.02. The summed E-state index contributed by atoms with van der Waals surface area (Å²) in [6, 6.07) is 4.39. The predicted octanol–water partition coefficient (Wildman–Crippen LogP) is 1.84. The molecule has 2 saturated carbocycles. The zero-order valence-electron chi connectivity index (χ0n) is 6.38. The van der Waals surface area contributed by atoms with Crippen LogP contribution in [0.4, 0.5) is 0 Å². The third-order valence-corrected chi connectivity index (χ3v) is 3.25. The molecule has 0 heterocycles. The van der Waals surface area contributed by atoms with Crippen LogP contribution in [0.25, 0.3) is 0 Å². The molecule has 56 valence electrons. The van der Waals surface area contributed by atoms with Gasteiger partial charge in [-0.05, 0) is 37.5 Å². The number of rotatable bonds is 0. The van der Waals surface area contributed by atoms with Gasteiger partial charge in [0.25, 0.3) is 0 Å². The van der Waals surface area contributed by atoms with Crippen LogP contribution in [0.5, 0.6) is 0 Å². The van der Waals surface area contributed by atoms with Gasteiger partial charge in [-0.3, -0.25) is 0 Å². The molecule has 2 rings (SSSR count). The van der Waals surface area contributed by atoms with Crippen LogP contribution in [0, 0.1) is 39.9 Å².